The first-order valence-corrected chi connectivity index (χ1v) is 13.8. The second-order valence-corrected chi connectivity index (χ2v) is 11.4. The molecular weight excluding hydrogens is 542 g/mol. The highest BCUT2D eigenvalue weighted by Gasteiger charge is 2.64. The summed E-state index contributed by atoms with van der Waals surface area (Å²) in [6.07, 6.45) is 4.03. The van der Waals surface area contributed by atoms with Gasteiger partial charge in [0.15, 0.2) is 17.2 Å². The molecule has 1 aromatic carbocycles. The van der Waals surface area contributed by atoms with Gasteiger partial charge in [-0.3, -0.25) is 29.1 Å². The lowest BCUT2D eigenvalue weighted by molar-refractivity contribution is -0.153. The maximum atomic E-state index is 14.0. The number of likely N-dealkylation sites (N-methyl/N-ethyl adjacent to an activating group) is 1. The number of aromatic nitrogens is 1. The molecule has 3 aliphatic carbocycles. The standard InChI is InChI=1S/C31H33N3O8/c1-4-14-10-15(7-8-20(35)16-6-5-9-33-13-16)25(36)22-18(14)11-17-12-19-24(34(2)3)27(38)23(30(32)41)29(40)31(19,42)28(39)21(17)26(22)37/h5-6,9-10,13,17,19,24,36-37,40,42H,4,7-8,11-12H2,1-3H3,(H2,32,41)/t17-,19+,24-,31+/m1/s1. The third kappa shape index (κ3) is 4.23. The van der Waals surface area contributed by atoms with E-state index in [0.29, 0.717) is 23.1 Å². The van der Waals surface area contributed by atoms with Crippen molar-refractivity contribution < 1.29 is 39.6 Å². The molecule has 5 rings (SSSR count). The number of pyridine rings is 1. The van der Waals surface area contributed by atoms with Crippen LogP contribution < -0.4 is 5.73 Å². The Balaban J connectivity index is 1.62. The fraction of sp³-hybridized carbons (Fsp3) is 0.387. The average Bonchev–Trinajstić information content (AvgIpc) is 2.94. The summed E-state index contributed by atoms with van der Waals surface area (Å²) in [7, 11) is 3.11. The van der Waals surface area contributed by atoms with Gasteiger partial charge in [-0.15, -0.1) is 0 Å². The van der Waals surface area contributed by atoms with Crippen LogP contribution in [0.2, 0.25) is 0 Å². The summed E-state index contributed by atoms with van der Waals surface area (Å²) in [6, 6.07) is 3.96. The van der Waals surface area contributed by atoms with Gasteiger partial charge in [-0.05, 0) is 74.5 Å². The quantitative estimate of drug-likeness (QED) is 0.240. The van der Waals surface area contributed by atoms with Crippen molar-refractivity contribution in [3.05, 3.63) is 75.3 Å². The zero-order valence-corrected chi connectivity index (χ0v) is 23.5. The topological polar surface area (TPSA) is 191 Å². The van der Waals surface area contributed by atoms with Crippen LogP contribution in [0.1, 0.15) is 52.4 Å². The van der Waals surface area contributed by atoms with Gasteiger partial charge in [0.05, 0.1) is 11.6 Å². The monoisotopic (exact) mass is 575 g/mol. The Morgan fingerprint density at radius 1 is 1.17 bits per heavy atom. The first-order valence-electron chi connectivity index (χ1n) is 13.8. The van der Waals surface area contributed by atoms with Crippen LogP contribution in [0.15, 0.2) is 47.5 Å². The van der Waals surface area contributed by atoms with E-state index in [1.165, 1.54) is 11.1 Å². The molecule has 2 aromatic rings. The Morgan fingerprint density at radius 3 is 2.48 bits per heavy atom. The number of rotatable bonds is 7. The van der Waals surface area contributed by atoms with E-state index in [4.69, 9.17) is 5.73 Å². The molecule has 1 amide bonds. The fourth-order valence-corrected chi connectivity index (χ4v) is 6.88. The minimum atomic E-state index is -2.69. The van der Waals surface area contributed by atoms with Crippen molar-refractivity contribution in [1.82, 2.24) is 9.88 Å². The van der Waals surface area contributed by atoms with Crippen LogP contribution in [-0.4, -0.2) is 79.3 Å². The summed E-state index contributed by atoms with van der Waals surface area (Å²) in [4.78, 5) is 57.5. The lowest BCUT2D eigenvalue weighted by atomic mass is 9.57. The van der Waals surface area contributed by atoms with Crippen LogP contribution in [0.25, 0.3) is 5.76 Å². The Kier molecular flexibility index (Phi) is 7.28. The first-order chi connectivity index (χ1) is 19.8. The number of hydrogen-bond donors (Lipinski definition) is 5. The lowest BCUT2D eigenvalue weighted by Crippen LogP contribution is -2.65. The van der Waals surface area contributed by atoms with Gasteiger partial charge in [0, 0.05) is 35.9 Å². The Morgan fingerprint density at radius 2 is 1.88 bits per heavy atom. The van der Waals surface area contributed by atoms with E-state index in [2.05, 4.69) is 4.98 Å². The maximum Gasteiger partial charge on any atom is 0.255 e. The number of ketones is 3. The summed E-state index contributed by atoms with van der Waals surface area (Å²) in [5.41, 5.74) is 3.93. The zero-order valence-electron chi connectivity index (χ0n) is 23.5. The van der Waals surface area contributed by atoms with Gasteiger partial charge < -0.3 is 26.2 Å². The van der Waals surface area contributed by atoms with E-state index in [1.54, 1.807) is 38.5 Å². The molecule has 0 bridgehead atoms. The van der Waals surface area contributed by atoms with E-state index in [0.717, 1.165) is 5.56 Å². The molecule has 6 N–H and O–H groups in total. The predicted molar refractivity (Wildman–Crippen MR) is 151 cm³/mol. The molecule has 42 heavy (non-hydrogen) atoms. The minimum Gasteiger partial charge on any atom is -0.508 e. The van der Waals surface area contributed by atoms with Crippen molar-refractivity contribution in [3.63, 3.8) is 0 Å². The molecule has 1 fully saturated rings. The average molecular weight is 576 g/mol. The van der Waals surface area contributed by atoms with Gasteiger partial charge in [0.25, 0.3) is 5.91 Å². The SMILES string of the molecule is CCc1cc(CCC(=O)c2cccnc2)c(O)c2c1C[C@@H]1C[C@H]3[C@@H](N(C)C)C(=O)C(C(N)=O)=C(O)[C@@]3(O)C(=O)C1=C2O. The Labute approximate surface area is 242 Å². The number of aromatic hydroxyl groups is 1. The molecule has 1 saturated carbocycles. The van der Waals surface area contributed by atoms with Crippen molar-refractivity contribution in [1.29, 1.82) is 0 Å². The molecule has 3 aliphatic rings. The number of carbonyl (C=O) groups excluding carboxylic acids is 4. The number of nitrogens with zero attached hydrogens (tertiary/aromatic N) is 2. The molecule has 4 atom stereocenters. The smallest absolute Gasteiger partial charge is 0.255 e. The van der Waals surface area contributed by atoms with Crippen molar-refractivity contribution in [3.8, 4) is 5.75 Å². The number of amides is 1. The number of hydrogen-bond acceptors (Lipinski definition) is 10. The molecule has 11 nitrogen and oxygen atoms in total. The first kappa shape index (κ1) is 29.2. The largest absolute Gasteiger partial charge is 0.508 e. The summed E-state index contributed by atoms with van der Waals surface area (Å²) in [5.74, 6) is -7.04. The van der Waals surface area contributed by atoms with Gasteiger partial charge in [-0.25, -0.2) is 0 Å². The van der Waals surface area contributed by atoms with Gasteiger partial charge in [-0.1, -0.05) is 13.0 Å². The molecule has 1 aromatic heterocycles. The normalized spacial score (nSPS) is 25.3. The number of carbonyl (C=O) groups is 4. The van der Waals surface area contributed by atoms with Crippen molar-refractivity contribution >= 4 is 29.0 Å². The third-order valence-corrected chi connectivity index (χ3v) is 8.88. The van der Waals surface area contributed by atoms with E-state index in [-0.39, 0.29) is 48.4 Å². The number of phenolic OH excluding ortho intramolecular Hbond substituents is 1. The number of aliphatic hydroxyl groups is 3. The van der Waals surface area contributed by atoms with E-state index < -0.39 is 58.0 Å². The van der Waals surface area contributed by atoms with Gasteiger partial charge in [0.2, 0.25) is 5.78 Å². The van der Waals surface area contributed by atoms with E-state index >= 15 is 0 Å². The van der Waals surface area contributed by atoms with E-state index in [1.807, 2.05) is 6.92 Å². The van der Waals surface area contributed by atoms with Crippen molar-refractivity contribution in [2.45, 2.75) is 50.7 Å². The van der Waals surface area contributed by atoms with Crippen LogP contribution in [0, 0.1) is 11.8 Å². The molecule has 0 aliphatic heterocycles. The van der Waals surface area contributed by atoms with Gasteiger partial charge in [-0.2, -0.15) is 0 Å². The number of primary amides is 1. The molecular formula is C31H33N3O8. The number of aryl methyl sites for hydroxylation is 2. The number of benzene rings is 1. The molecule has 0 saturated heterocycles. The highest BCUT2D eigenvalue weighted by atomic mass is 16.3. The molecule has 0 unspecified atom stereocenters. The highest BCUT2D eigenvalue weighted by molar-refractivity contribution is 6.24. The van der Waals surface area contributed by atoms with Crippen LogP contribution in [-0.2, 0) is 33.6 Å². The maximum absolute atomic E-state index is 14.0. The molecule has 0 radical (unpaired) electrons. The lowest BCUT2D eigenvalue weighted by Gasteiger charge is -2.50. The fourth-order valence-electron chi connectivity index (χ4n) is 6.88. The summed E-state index contributed by atoms with van der Waals surface area (Å²) < 4.78 is 0. The number of Topliss-reactive ketones (excluding diaryl/α,β-unsaturated/α-hetero) is 3. The summed E-state index contributed by atoms with van der Waals surface area (Å²) in [5, 5.41) is 45.6. The van der Waals surface area contributed by atoms with Crippen molar-refractivity contribution in [2.75, 3.05) is 14.1 Å². The second-order valence-electron chi connectivity index (χ2n) is 11.4. The predicted octanol–water partition coefficient (Wildman–Crippen LogP) is 1.74. The highest BCUT2D eigenvalue weighted by Crippen LogP contribution is 2.53. The van der Waals surface area contributed by atoms with E-state index in [9.17, 15) is 39.6 Å². The third-order valence-electron chi connectivity index (χ3n) is 8.88. The Bertz CT molecular complexity index is 1590. The van der Waals surface area contributed by atoms with Gasteiger partial charge in [0.1, 0.15) is 22.8 Å². The minimum absolute atomic E-state index is 0.0248. The van der Waals surface area contributed by atoms with Crippen molar-refractivity contribution in [2.24, 2.45) is 17.6 Å². The van der Waals surface area contributed by atoms with Crippen LogP contribution >= 0.6 is 0 Å². The van der Waals surface area contributed by atoms with Crippen LogP contribution in [0.5, 0.6) is 5.75 Å². The number of phenols is 1. The molecule has 1 heterocycles. The number of aliphatic hydroxyl groups excluding tert-OH is 2. The number of fused-ring (bicyclic) bond motifs is 3. The zero-order chi connectivity index (χ0) is 30.7. The van der Waals surface area contributed by atoms with Crippen LogP contribution in [0.4, 0.5) is 0 Å². The molecule has 11 heteroatoms. The van der Waals surface area contributed by atoms with Gasteiger partial charge >= 0.3 is 0 Å². The second kappa shape index (κ2) is 10.5. The number of nitrogens with two attached hydrogens (primary N) is 1. The molecule has 0 spiro atoms. The summed E-state index contributed by atoms with van der Waals surface area (Å²) >= 11 is 0. The van der Waals surface area contributed by atoms with Crippen LogP contribution in [0.3, 0.4) is 0 Å². The molecule has 220 valence electrons. The Hall–Kier alpha value is -4.35. The summed E-state index contributed by atoms with van der Waals surface area (Å²) in [6.45, 7) is 1.91.